The van der Waals surface area contributed by atoms with E-state index in [0.717, 1.165) is 54.2 Å². The minimum atomic E-state index is 0.103. The molecular weight excluding hydrogens is 326 g/mol. The van der Waals surface area contributed by atoms with Crippen LogP contribution >= 0.6 is 0 Å². The van der Waals surface area contributed by atoms with Crippen LogP contribution in [0.3, 0.4) is 0 Å². The second-order valence-corrected chi connectivity index (χ2v) is 7.38. The van der Waals surface area contributed by atoms with Crippen LogP contribution in [0.2, 0.25) is 0 Å². The second kappa shape index (κ2) is 6.74. The molecule has 0 unspecified atom stereocenters. The van der Waals surface area contributed by atoms with Crippen molar-refractivity contribution < 1.29 is 9.84 Å². The summed E-state index contributed by atoms with van der Waals surface area (Å²) in [4.78, 5) is 7.14. The molecule has 0 aliphatic heterocycles. The zero-order valence-electron chi connectivity index (χ0n) is 15.4. The highest BCUT2D eigenvalue weighted by Gasteiger charge is 2.42. The Bertz CT molecular complexity index is 897. The number of hydrogen-bond acceptors (Lipinski definition) is 4. The number of ether oxygens (including phenoxy) is 1. The lowest BCUT2D eigenvalue weighted by atomic mass is 10.1. The van der Waals surface area contributed by atoms with Crippen molar-refractivity contribution in [1.82, 2.24) is 14.5 Å². The number of fused-ring (bicyclic) bond motifs is 1. The van der Waals surface area contributed by atoms with Gasteiger partial charge in [0.2, 0.25) is 0 Å². The quantitative estimate of drug-likeness (QED) is 0.710. The standard InChI is InChI=1S/C21H25N3O2/c1-23(14-21(15-25)11-12-21)13-20-22-18-5-3-4-6-19(18)24(20)16-7-9-17(26-2)10-8-16/h3-10,25H,11-15H2,1-2H3. The zero-order chi connectivity index (χ0) is 18.1. The first-order valence-electron chi connectivity index (χ1n) is 9.04. The van der Waals surface area contributed by atoms with Crippen molar-refractivity contribution in [1.29, 1.82) is 0 Å². The number of imidazole rings is 1. The van der Waals surface area contributed by atoms with Crippen molar-refractivity contribution in [2.24, 2.45) is 5.41 Å². The van der Waals surface area contributed by atoms with Crippen LogP contribution in [0, 0.1) is 5.41 Å². The average molecular weight is 351 g/mol. The number of hydrogen-bond donors (Lipinski definition) is 1. The normalized spacial score (nSPS) is 15.5. The van der Waals surface area contributed by atoms with Crippen LogP contribution in [0.5, 0.6) is 5.75 Å². The number of rotatable bonds is 7. The SMILES string of the molecule is COc1ccc(-n2c(CN(C)CC3(CO)CC3)nc3ccccc32)cc1. The molecule has 1 fully saturated rings. The molecule has 1 N–H and O–H groups in total. The first kappa shape index (κ1) is 17.1. The third-order valence-corrected chi connectivity index (χ3v) is 5.27. The summed E-state index contributed by atoms with van der Waals surface area (Å²) in [5.41, 5.74) is 3.27. The van der Waals surface area contributed by atoms with Gasteiger partial charge in [0.15, 0.2) is 0 Å². The van der Waals surface area contributed by atoms with Crippen LogP contribution in [-0.4, -0.2) is 46.9 Å². The molecule has 3 aromatic rings. The van der Waals surface area contributed by atoms with Gasteiger partial charge < -0.3 is 9.84 Å². The summed E-state index contributed by atoms with van der Waals surface area (Å²) < 4.78 is 7.50. The van der Waals surface area contributed by atoms with E-state index in [4.69, 9.17) is 9.72 Å². The molecule has 136 valence electrons. The van der Waals surface area contributed by atoms with Gasteiger partial charge in [0.25, 0.3) is 0 Å². The van der Waals surface area contributed by atoms with Crippen LogP contribution in [0.4, 0.5) is 0 Å². The van der Waals surface area contributed by atoms with Crippen LogP contribution < -0.4 is 4.74 Å². The van der Waals surface area contributed by atoms with Gasteiger partial charge in [-0.05, 0) is 56.3 Å². The zero-order valence-corrected chi connectivity index (χ0v) is 15.4. The summed E-state index contributed by atoms with van der Waals surface area (Å²) in [6, 6.07) is 16.3. The highest BCUT2D eigenvalue weighted by atomic mass is 16.5. The topological polar surface area (TPSA) is 50.5 Å². The van der Waals surface area contributed by atoms with Crippen LogP contribution in [0.1, 0.15) is 18.7 Å². The van der Waals surface area contributed by atoms with Gasteiger partial charge in [-0.1, -0.05) is 12.1 Å². The first-order chi connectivity index (χ1) is 12.6. The van der Waals surface area contributed by atoms with Crippen molar-refractivity contribution in [2.75, 3.05) is 27.3 Å². The Labute approximate surface area is 153 Å². The smallest absolute Gasteiger partial charge is 0.128 e. The van der Waals surface area contributed by atoms with E-state index in [0.29, 0.717) is 0 Å². The molecular formula is C21H25N3O2. The van der Waals surface area contributed by atoms with E-state index in [1.165, 1.54) is 0 Å². The van der Waals surface area contributed by atoms with E-state index >= 15 is 0 Å². The summed E-state index contributed by atoms with van der Waals surface area (Å²) in [6.07, 6.45) is 2.23. The molecule has 5 heteroatoms. The number of aliphatic hydroxyl groups is 1. The molecule has 2 aromatic carbocycles. The molecule has 0 amide bonds. The molecule has 1 aliphatic rings. The molecule has 1 heterocycles. The highest BCUT2D eigenvalue weighted by Crippen LogP contribution is 2.45. The summed E-state index contributed by atoms with van der Waals surface area (Å²) in [5, 5.41) is 9.61. The van der Waals surface area contributed by atoms with Crippen molar-refractivity contribution in [3.05, 3.63) is 54.4 Å². The molecule has 5 nitrogen and oxygen atoms in total. The van der Waals surface area contributed by atoms with E-state index in [-0.39, 0.29) is 12.0 Å². The highest BCUT2D eigenvalue weighted by molar-refractivity contribution is 5.78. The van der Waals surface area contributed by atoms with Gasteiger partial charge in [-0.3, -0.25) is 9.47 Å². The maximum absolute atomic E-state index is 9.61. The van der Waals surface area contributed by atoms with Gasteiger partial charge in [-0.15, -0.1) is 0 Å². The van der Waals surface area contributed by atoms with E-state index in [1.807, 2.05) is 24.3 Å². The molecule has 0 spiro atoms. The van der Waals surface area contributed by atoms with Crippen LogP contribution in [0.25, 0.3) is 16.7 Å². The summed E-state index contributed by atoms with van der Waals surface area (Å²) >= 11 is 0. The second-order valence-electron chi connectivity index (χ2n) is 7.38. The van der Waals surface area contributed by atoms with Gasteiger partial charge in [0.1, 0.15) is 11.6 Å². The molecule has 4 rings (SSSR count). The third kappa shape index (κ3) is 3.20. The number of aliphatic hydroxyl groups excluding tert-OH is 1. The minimum absolute atomic E-state index is 0.103. The predicted molar refractivity (Wildman–Crippen MR) is 103 cm³/mol. The van der Waals surface area contributed by atoms with Crippen molar-refractivity contribution in [3.63, 3.8) is 0 Å². The van der Waals surface area contributed by atoms with E-state index < -0.39 is 0 Å². The number of benzene rings is 2. The molecule has 0 atom stereocenters. The first-order valence-corrected chi connectivity index (χ1v) is 9.04. The van der Waals surface area contributed by atoms with E-state index in [2.05, 4.69) is 40.8 Å². The molecule has 1 aliphatic carbocycles. The number of nitrogens with zero attached hydrogens (tertiary/aromatic N) is 3. The lowest BCUT2D eigenvalue weighted by Gasteiger charge is -2.22. The predicted octanol–water partition coefficient (Wildman–Crippen LogP) is 3.24. The van der Waals surface area contributed by atoms with Gasteiger partial charge in [0.05, 0.1) is 24.7 Å². The van der Waals surface area contributed by atoms with Gasteiger partial charge in [0, 0.05) is 24.3 Å². The summed E-state index contributed by atoms with van der Waals surface area (Å²) in [7, 11) is 3.78. The summed E-state index contributed by atoms with van der Waals surface area (Å²) in [6.45, 7) is 1.91. The number of methoxy groups -OCH3 is 1. The summed E-state index contributed by atoms with van der Waals surface area (Å²) in [5.74, 6) is 1.85. The van der Waals surface area contributed by atoms with Crippen LogP contribution in [-0.2, 0) is 6.54 Å². The molecule has 1 aromatic heterocycles. The van der Waals surface area contributed by atoms with Crippen LogP contribution in [0.15, 0.2) is 48.5 Å². The Morgan fingerprint density at radius 2 is 1.88 bits per heavy atom. The lowest BCUT2D eigenvalue weighted by Crippen LogP contribution is -2.29. The fourth-order valence-corrected chi connectivity index (χ4v) is 3.61. The number of para-hydroxylation sites is 2. The Morgan fingerprint density at radius 1 is 1.15 bits per heavy atom. The molecule has 26 heavy (non-hydrogen) atoms. The van der Waals surface area contributed by atoms with Crippen molar-refractivity contribution >= 4 is 11.0 Å². The number of aromatic nitrogens is 2. The Kier molecular flexibility index (Phi) is 4.42. The van der Waals surface area contributed by atoms with Gasteiger partial charge in [-0.2, -0.15) is 0 Å². The molecule has 1 saturated carbocycles. The van der Waals surface area contributed by atoms with Crippen molar-refractivity contribution in [2.45, 2.75) is 19.4 Å². The Hall–Kier alpha value is -2.37. The average Bonchev–Trinajstić information content (AvgIpc) is 3.34. The fraction of sp³-hybridized carbons (Fsp3) is 0.381. The Balaban J connectivity index is 1.69. The minimum Gasteiger partial charge on any atom is -0.497 e. The van der Waals surface area contributed by atoms with Gasteiger partial charge in [-0.25, -0.2) is 4.98 Å². The molecule has 0 bridgehead atoms. The molecule has 0 radical (unpaired) electrons. The molecule has 0 saturated heterocycles. The largest absolute Gasteiger partial charge is 0.497 e. The maximum atomic E-state index is 9.61. The van der Waals surface area contributed by atoms with Crippen molar-refractivity contribution in [3.8, 4) is 11.4 Å². The van der Waals surface area contributed by atoms with E-state index in [9.17, 15) is 5.11 Å². The maximum Gasteiger partial charge on any atom is 0.128 e. The fourth-order valence-electron chi connectivity index (χ4n) is 3.61. The Morgan fingerprint density at radius 3 is 2.54 bits per heavy atom. The monoisotopic (exact) mass is 351 g/mol. The van der Waals surface area contributed by atoms with E-state index in [1.54, 1.807) is 7.11 Å². The third-order valence-electron chi connectivity index (χ3n) is 5.27. The lowest BCUT2D eigenvalue weighted by molar-refractivity contribution is 0.159. The van der Waals surface area contributed by atoms with Gasteiger partial charge >= 0.3 is 0 Å².